The highest BCUT2D eigenvalue weighted by Crippen LogP contribution is 2.64. The minimum absolute atomic E-state index is 0.00467. The highest BCUT2D eigenvalue weighted by molar-refractivity contribution is 6.53. The van der Waals surface area contributed by atoms with Crippen LogP contribution in [0.25, 0.3) is 0 Å². The summed E-state index contributed by atoms with van der Waals surface area (Å²) in [5.74, 6) is -0.425. The van der Waals surface area contributed by atoms with Crippen molar-refractivity contribution in [3.63, 3.8) is 0 Å². The number of hydrogen-bond acceptors (Lipinski definition) is 2. The van der Waals surface area contributed by atoms with Crippen LogP contribution in [0.2, 0.25) is 0 Å². The predicted molar refractivity (Wildman–Crippen MR) is 74.6 cm³/mol. The van der Waals surface area contributed by atoms with Crippen molar-refractivity contribution < 1.29 is 9.59 Å². The van der Waals surface area contributed by atoms with E-state index in [-0.39, 0.29) is 18.4 Å². The Morgan fingerprint density at radius 1 is 1.37 bits per heavy atom. The first kappa shape index (κ1) is 12.8. The van der Waals surface area contributed by atoms with Gasteiger partial charge in [0.1, 0.15) is 10.9 Å². The highest BCUT2D eigenvalue weighted by Gasteiger charge is 2.69. The molecular formula is C13H12Cl2N2O2. The van der Waals surface area contributed by atoms with Crippen LogP contribution in [0.4, 0.5) is 11.4 Å². The first-order chi connectivity index (χ1) is 8.85. The van der Waals surface area contributed by atoms with Gasteiger partial charge in [-0.25, -0.2) is 0 Å². The van der Waals surface area contributed by atoms with E-state index in [1.54, 1.807) is 25.1 Å². The van der Waals surface area contributed by atoms with E-state index in [1.165, 1.54) is 4.90 Å². The number of benzene rings is 1. The van der Waals surface area contributed by atoms with Gasteiger partial charge in [0.15, 0.2) is 0 Å². The molecule has 0 saturated heterocycles. The summed E-state index contributed by atoms with van der Waals surface area (Å²) < 4.78 is -1.03. The van der Waals surface area contributed by atoms with Crippen molar-refractivity contribution in [2.24, 2.45) is 5.41 Å². The lowest BCUT2D eigenvalue weighted by molar-refractivity contribution is -0.125. The molecule has 1 aliphatic carbocycles. The molecule has 1 aliphatic heterocycles. The molecule has 1 saturated carbocycles. The Morgan fingerprint density at radius 2 is 2.00 bits per heavy atom. The van der Waals surface area contributed by atoms with E-state index < -0.39 is 9.75 Å². The number of carbonyl (C=O) groups is 2. The van der Waals surface area contributed by atoms with Crippen LogP contribution in [0, 0.1) is 5.41 Å². The number of rotatable bonds is 1. The Labute approximate surface area is 120 Å². The van der Waals surface area contributed by atoms with Crippen LogP contribution < -0.4 is 10.2 Å². The number of halogens is 2. The Balaban J connectivity index is 1.98. The van der Waals surface area contributed by atoms with Gasteiger partial charge in [0, 0.05) is 0 Å². The molecule has 0 unspecified atom stereocenters. The number of nitrogens with zero attached hydrogens (tertiary/aromatic N) is 1. The van der Waals surface area contributed by atoms with E-state index in [0.29, 0.717) is 17.8 Å². The SMILES string of the molecule is C[C@@]1(C(=O)N2CC(=O)Nc3ccccc32)CC1(Cl)Cl. The largest absolute Gasteiger partial charge is 0.323 e. The summed E-state index contributed by atoms with van der Waals surface area (Å²) >= 11 is 12.1. The fraction of sp³-hybridized carbons (Fsp3) is 0.385. The molecule has 19 heavy (non-hydrogen) atoms. The van der Waals surface area contributed by atoms with Crippen LogP contribution >= 0.6 is 23.2 Å². The minimum Gasteiger partial charge on any atom is -0.323 e. The summed E-state index contributed by atoms with van der Waals surface area (Å²) in [4.78, 5) is 25.7. The molecule has 2 aliphatic rings. The molecule has 2 amide bonds. The number of carbonyl (C=O) groups excluding carboxylic acids is 2. The second kappa shape index (κ2) is 3.87. The van der Waals surface area contributed by atoms with E-state index in [2.05, 4.69) is 5.32 Å². The van der Waals surface area contributed by atoms with Gasteiger partial charge < -0.3 is 10.2 Å². The number of hydrogen-bond donors (Lipinski definition) is 1. The van der Waals surface area contributed by atoms with Crippen LogP contribution in [0.15, 0.2) is 24.3 Å². The summed E-state index contributed by atoms with van der Waals surface area (Å²) in [6, 6.07) is 7.18. The van der Waals surface area contributed by atoms with Gasteiger partial charge in [-0.15, -0.1) is 23.2 Å². The summed E-state index contributed by atoms with van der Waals surface area (Å²) in [6.07, 6.45) is 0.405. The molecule has 0 radical (unpaired) electrons. The molecule has 1 atom stereocenters. The Hall–Kier alpha value is -1.26. The van der Waals surface area contributed by atoms with Gasteiger partial charge in [-0.3, -0.25) is 9.59 Å². The van der Waals surface area contributed by atoms with Crippen molar-refractivity contribution in [1.29, 1.82) is 0 Å². The third-order valence-corrected chi connectivity index (χ3v) is 4.85. The van der Waals surface area contributed by atoms with Gasteiger partial charge in [-0.05, 0) is 25.5 Å². The first-order valence-electron chi connectivity index (χ1n) is 5.94. The normalized spacial score (nSPS) is 27.5. The van der Waals surface area contributed by atoms with E-state index >= 15 is 0 Å². The molecular weight excluding hydrogens is 287 g/mol. The van der Waals surface area contributed by atoms with Gasteiger partial charge in [-0.1, -0.05) is 12.1 Å². The zero-order valence-corrected chi connectivity index (χ0v) is 11.8. The lowest BCUT2D eigenvalue weighted by Gasteiger charge is -2.31. The van der Waals surface area contributed by atoms with Crippen molar-refractivity contribution >= 4 is 46.4 Å². The molecule has 100 valence electrons. The van der Waals surface area contributed by atoms with Crippen molar-refractivity contribution in [2.75, 3.05) is 16.8 Å². The number of fused-ring (bicyclic) bond motifs is 1. The maximum absolute atomic E-state index is 12.6. The molecule has 0 spiro atoms. The van der Waals surface area contributed by atoms with Crippen LogP contribution in [0.1, 0.15) is 13.3 Å². The highest BCUT2D eigenvalue weighted by atomic mass is 35.5. The molecule has 0 bridgehead atoms. The molecule has 1 aromatic carbocycles. The zero-order chi connectivity index (χ0) is 13.8. The molecule has 1 fully saturated rings. The third kappa shape index (κ3) is 1.82. The summed E-state index contributed by atoms with van der Waals surface area (Å²) in [6.45, 7) is 1.72. The second-order valence-corrected chi connectivity index (χ2v) is 6.65. The fourth-order valence-electron chi connectivity index (χ4n) is 2.34. The van der Waals surface area contributed by atoms with E-state index in [0.717, 1.165) is 0 Å². The Bertz CT molecular complexity index is 588. The van der Waals surface area contributed by atoms with Crippen molar-refractivity contribution in [3.05, 3.63) is 24.3 Å². The number of anilines is 2. The lowest BCUT2D eigenvalue weighted by atomic mass is 10.1. The quantitative estimate of drug-likeness (QED) is 0.810. The summed E-state index contributed by atoms with van der Waals surface area (Å²) in [7, 11) is 0. The minimum atomic E-state index is -1.03. The van der Waals surface area contributed by atoms with Crippen molar-refractivity contribution in [3.8, 4) is 0 Å². The zero-order valence-electron chi connectivity index (χ0n) is 10.2. The van der Waals surface area contributed by atoms with Gasteiger partial charge in [0.2, 0.25) is 11.8 Å². The summed E-state index contributed by atoms with van der Waals surface area (Å²) in [5.41, 5.74) is 0.497. The van der Waals surface area contributed by atoms with Crippen LogP contribution in [0.3, 0.4) is 0 Å². The number of para-hydroxylation sites is 2. The topological polar surface area (TPSA) is 49.4 Å². The maximum atomic E-state index is 12.6. The molecule has 1 N–H and O–H groups in total. The average Bonchev–Trinajstić information content (AvgIpc) is 2.88. The Kier molecular flexibility index (Phi) is 2.60. The average molecular weight is 299 g/mol. The van der Waals surface area contributed by atoms with Gasteiger partial charge in [-0.2, -0.15) is 0 Å². The molecule has 4 nitrogen and oxygen atoms in total. The van der Waals surface area contributed by atoms with Gasteiger partial charge in [0.05, 0.1) is 16.8 Å². The van der Waals surface area contributed by atoms with Crippen LogP contribution in [0.5, 0.6) is 0 Å². The smallest absolute Gasteiger partial charge is 0.244 e. The number of nitrogens with one attached hydrogen (secondary N) is 1. The standard InChI is InChI=1S/C13H12Cl2N2O2/c1-12(7-13(12,14)15)11(19)17-6-10(18)16-8-4-2-3-5-9(8)17/h2-5H,6-7H2,1H3,(H,16,18)/t12-/m0/s1. The third-order valence-electron chi connectivity index (χ3n) is 3.75. The predicted octanol–water partition coefficient (Wildman–Crippen LogP) is 2.56. The van der Waals surface area contributed by atoms with Crippen molar-refractivity contribution in [1.82, 2.24) is 0 Å². The van der Waals surface area contributed by atoms with Gasteiger partial charge >= 0.3 is 0 Å². The molecule has 6 heteroatoms. The molecule has 0 aromatic heterocycles. The Morgan fingerprint density at radius 3 is 2.63 bits per heavy atom. The number of alkyl halides is 2. The van der Waals surface area contributed by atoms with E-state index in [9.17, 15) is 9.59 Å². The number of amides is 2. The molecule has 1 aromatic rings. The maximum Gasteiger partial charge on any atom is 0.244 e. The second-order valence-electron chi connectivity index (χ2n) is 5.17. The molecule has 1 heterocycles. The fourth-order valence-corrected chi connectivity index (χ4v) is 3.04. The van der Waals surface area contributed by atoms with Crippen LogP contribution in [-0.2, 0) is 9.59 Å². The molecule has 3 rings (SSSR count). The lowest BCUT2D eigenvalue weighted by Crippen LogP contribution is -2.46. The monoisotopic (exact) mass is 298 g/mol. The summed E-state index contributed by atoms with van der Waals surface area (Å²) in [5, 5.41) is 2.74. The van der Waals surface area contributed by atoms with E-state index in [1.807, 2.05) is 6.07 Å². The van der Waals surface area contributed by atoms with Gasteiger partial charge in [0.25, 0.3) is 0 Å². The van der Waals surface area contributed by atoms with E-state index in [4.69, 9.17) is 23.2 Å². The first-order valence-corrected chi connectivity index (χ1v) is 6.69. The van der Waals surface area contributed by atoms with Crippen molar-refractivity contribution in [2.45, 2.75) is 17.7 Å². The van der Waals surface area contributed by atoms with Crippen LogP contribution in [-0.4, -0.2) is 22.7 Å².